The van der Waals surface area contributed by atoms with Gasteiger partial charge in [0.1, 0.15) is 5.75 Å². The number of hydrogen-bond donors (Lipinski definition) is 1. The number of nitrogens with zero attached hydrogens (tertiary/aromatic N) is 2. The number of aromatic amines is 1. The molecule has 3 rings (SSSR count). The third kappa shape index (κ3) is 2.10. The molecule has 20 heavy (non-hydrogen) atoms. The second-order valence-electron chi connectivity index (χ2n) is 4.64. The Kier molecular flexibility index (Phi) is 3.28. The van der Waals surface area contributed by atoms with Gasteiger partial charge in [0.2, 0.25) is 0 Å². The summed E-state index contributed by atoms with van der Waals surface area (Å²) in [5, 5.41) is 0. The van der Waals surface area contributed by atoms with Crippen molar-refractivity contribution in [3.05, 3.63) is 53.1 Å². The minimum atomic E-state index is 0.131. The Morgan fingerprint density at radius 1 is 1.25 bits per heavy atom. The minimum absolute atomic E-state index is 0.131. The van der Waals surface area contributed by atoms with E-state index in [4.69, 9.17) is 17.0 Å². The largest absolute Gasteiger partial charge is 0.497 e. The van der Waals surface area contributed by atoms with Gasteiger partial charge in [-0.15, -0.1) is 0 Å². The van der Waals surface area contributed by atoms with E-state index < -0.39 is 0 Å². The van der Waals surface area contributed by atoms with E-state index in [1.54, 1.807) is 19.5 Å². The zero-order valence-corrected chi connectivity index (χ0v) is 12.1. The molecule has 0 aliphatic carbocycles. The quantitative estimate of drug-likeness (QED) is 0.746. The lowest BCUT2D eigenvalue weighted by molar-refractivity contribution is 0.415. The van der Waals surface area contributed by atoms with Crippen molar-refractivity contribution in [3.63, 3.8) is 0 Å². The fourth-order valence-corrected chi connectivity index (χ4v) is 2.77. The smallest absolute Gasteiger partial charge is 0.178 e. The maximum absolute atomic E-state index is 5.46. The van der Waals surface area contributed by atoms with Crippen LogP contribution in [0.4, 0.5) is 0 Å². The van der Waals surface area contributed by atoms with E-state index in [-0.39, 0.29) is 6.04 Å². The van der Waals surface area contributed by atoms with Crippen molar-refractivity contribution in [2.75, 3.05) is 7.11 Å². The lowest BCUT2D eigenvalue weighted by atomic mass is 10.1. The van der Waals surface area contributed by atoms with Crippen LogP contribution in [0.15, 0.2) is 42.7 Å². The standard InChI is InChI=1S/C15H15N3OS/c1-10(11-5-7-16-8-6-11)18-14-9-12(19-2)3-4-13(14)17-15(18)20/h3-10H,1-2H3,(H,17,20). The molecule has 0 fully saturated rings. The van der Waals surface area contributed by atoms with Crippen LogP contribution >= 0.6 is 12.2 Å². The van der Waals surface area contributed by atoms with Gasteiger partial charge in [-0.05, 0) is 49.0 Å². The van der Waals surface area contributed by atoms with Crippen molar-refractivity contribution in [1.82, 2.24) is 14.5 Å². The summed E-state index contributed by atoms with van der Waals surface area (Å²) >= 11 is 5.46. The molecule has 0 amide bonds. The average molecular weight is 285 g/mol. The van der Waals surface area contributed by atoms with Gasteiger partial charge in [0, 0.05) is 18.5 Å². The van der Waals surface area contributed by atoms with E-state index in [0.29, 0.717) is 4.77 Å². The van der Waals surface area contributed by atoms with Crippen LogP contribution in [0.1, 0.15) is 18.5 Å². The number of imidazole rings is 1. The Balaban J connectivity index is 2.20. The predicted octanol–water partition coefficient (Wildman–Crippen LogP) is 3.71. The summed E-state index contributed by atoms with van der Waals surface area (Å²) in [6, 6.07) is 10.1. The zero-order chi connectivity index (χ0) is 14.1. The topological polar surface area (TPSA) is 42.8 Å². The van der Waals surface area contributed by atoms with Crippen molar-refractivity contribution in [2.24, 2.45) is 0 Å². The highest BCUT2D eigenvalue weighted by Crippen LogP contribution is 2.26. The van der Waals surface area contributed by atoms with Crippen LogP contribution < -0.4 is 4.74 Å². The van der Waals surface area contributed by atoms with Crippen LogP contribution in [0.25, 0.3) is 11.0 Å². The van der Waals surface area contributed by atoms with Crippen LogP contribution in [0, 0.1) is 4.77 Å². The van der Waals surface area contributed by atoms with Gasteiger partial charge in [-0.2, -0.15) is 0 Å². The van der Waals surface area contributed by atoms with Gasteiger partial charge >= 0.3 is 0 Å². The molecule has 2 aromatic heterocycles. The first-order valence-electron chi connectivity index (χ1n) is 6.39. The second-order valence-corrected chi connectivity index (χ2v) is 5.03. The van der Waals surface area contributed by atoms with Crippen LogP contribution in [0.3, 0.4) is 0 Å². The van der Waals surface area contributed by atoms with Crippen molar-refractivity contribution >= 4 is 23.3 Å². The average Bonchev–Trinajstić information content (AvgIpc) is 2.82. The first-order valence-corrected chi connectivity index (χ1v) is 6.79. The second kappa shape index (κ2) is 5.09. The molecule has 4 nitrogen and oxygen atoms in total. The number of nitrogens with one attached hydrogen (secondary N) is 1. The first-order chi connectivity index (χ1) is 9.70. The summed E-state index contributed by atoms with van der Waals surface area (Å²) in [6.07, 6.45) is 3.59. The molecule has 0 spiro atoms. The molecule has 0 saturated carbocycles. The molecule has 2 heterocycles. The fraction of sp³-hybridized carbons (Fsp3) is 0.200. The zero-order valence-electron chi connectivity index (χ0n) is 11.3. The van der Waals surface area contributed by atoms with E-state index in [2.05, 4.69) is 21.5 Å². The maximum Gasteiger partial charge on any atom is 0.178 e. The monoisotopic (exact) mass is 285 g/mol. The first kappa shape index (κ1) is 12.9. The van der Waals surface area contributed by atoms with Crippen molar-refractivity contribution in [3.8, 4) is 5.75 Å². The van der Waals surface area contributed by atoms with Gasteiger partial charge in [0.05, 0.1) is 24.2 Å². The Bertz CT molecular complexity index is 792. The molecule has 3 aromatic rings. The van der Waals surface area contributed by atoms with Crippen LogP contribution in [-0.2, 0) is 0 Å². The van der Waals surface area contributed by atoms with Crippen molar-refractivity contribution in [2.45, 2.75) is 13.0 Å². The van der Waals surface area contributed by atoms with Gasteiger partial charge in [-0.3, -0.25) is 4.98 Å². The molecule has 1 aromatic carbocycles. The Labute approximate surface area is 122 Å². The number of fused-ring (bicyclic) bond motifs is 1. The molecule has 0 saturated heterocycles. The summed E-state index contributed by atoms with van der Waals surface area (Å²) in [7, 11) is 1.67. The summed E-state index contributed by atoms with van der Waals surface area (Å²) in [5.74, 6) is 0.821. The molecule has 1 unspecified atom stereocenters. The lowest BCUT2D eigenvalue weighted by Gasteiger charge is -2.15. The fourth-order valence-electron chi connectivity index (χ4n) is 2.40. The van der Waals surface area contributed by atoms with Gasteiger partial charge in [-0.25, -0.2) is 0 Å². The van der Waals surface area contributed by atoms with Gasteiger partial charge in [0.15, 0.2) is 4.77 Å². The number of ether oxygens (including phenoxy) is 1. The van der Waals surface area contributed by atoms with Crippen molar-refractivity contribution in [1.29, 1.82) is 0 Å². The minimum Gasteiger partial charge on any atom is -0.497 e. The number of methoxy groups -OCH3 is 1. The molecule has 5 heteroatoms. The Hall–Kier alpha value is -2.14. The number of H-pyrrole nitrogens is 1. The molecular weight excluding hydrogens is 270 g/mol. The van der Waals surface area contributed by atoms with E-state index in [1.807, 2.05) is 30.3 Å². The highest BCUT2D eigenvalue weighted by Gasteiger charge is 2.13. The summed E-state index contributed by atoms with van der Waals surface area (Å²) in [4.78, 5) is 7.29. The van der Waals surface area contributed by atoms with E-state index in [1.165, 1.54) is 5.56 Å². The molecular formula is C15H15N3OS. The van der Waals surface area contributed by atoms with E-state index >= 15 is 0 Å². The maximum atomic E-state index is 5.46. The Morgan fingerprint density at radius 3 is 2.70 bits per heavy atom. The predicted molar refractivity (Wildman–Crippen MR) is 81.7 cm³/mol. The lowest BCUT2D eigenvalue weighted by Crippen LogP contribution is -2.06. The van der Waals surface area contributed by atoms with E-state index in [0.717, 1.165) is 16.8 Å². The number of aromatic nitrogens is 3. The number of rotatable bonds is 3. The third-order valence-corrected chi connectivity index (χ3v) is 3.80. The van der Waals surface area contributed by atoms with Gasteiger partial charge < -0.3 is 14.3 Å². The van der Waals surface area contributed by atoms with Crippen LogP contribution in [0.5, 0.6) is 5.75 Å². The van der Waals surface area contributed by atoms with Crippen molar-refractivity contribution < 1.29 is 4.74 Å². The Morgan fingerprint density at radius 2 is 2.00 bits per heavy atom. The number of pyridine rings is 1. The number of hydrogen-bond acceptors (Lipinski definition) is 3. The highest BCUT2D eigenvalue weighted by atomic mass is 32.1. The molecule has 1 atom stereocenters. The van der Waals surface area contributed by atoms with Crippen LogP contribution in [-0.4, -0.2) is 21.6 Å². The molecule has 0 bridgehead atoms. The van der Waals surface area contributed by atoms with Gasteiger partial charge in [-0.1, -0.05) is 0 Å². The third-order valence-electron chi connectivity index (χ3n) is 3.50. The molecule has 102 valence electrons. The number of benzene rings is 1. The molecule has 1 N–H and O–H groups in total. The summed E-state index contributed by atoms with van der Waals surface area (Å²) in [5.41, 5.74) is 3.22. The summed E-state index contributed by atoms with van der Waals surface area (Å²) < 4.78 is 8.11. The highest BCUT2D eigenvalue weighted by molar-refractivity contribution is 7.71. The molecule has 0 aliphatic rings. The van der Waals surface area contributed by atoms with Crippen LogP contribution in [0.2, 0.25) is 0 Å². The van der Waals surface area contributed by atoms with Gasteiger partial charge in [0.25, 0.3) is 0 Å². The summed E-state index contributed by atoms with van der Waals surface area (Å²) in [6.45, 7) is 2.12. The molecule has 0 radical (unpaired) electrons. The SMILES string of the molecule is COc1ccc2[nH]c(=S)n(C(C)c3ccncc3)c2c1. The van der Waals surface area contributed by atoms with E-state index in [9.17, 15) is 0 Å². The molecule has 0 aliphatic heterocycles. The normalized spacial score (nSPS) is 12.5.